The number of amides is 1. The van der Waals surface area contributed by atoms with Crippen LogP contribution in [0.2, 0.25) is 0 Å². The summed E-state index contributed by atoms with van der Waals surface area (Å²) in [5, 5.41) is 2.90. The number of halogens is 1. The first-order valence-corrected chi connectivity index (χ1v) is 6.23. The minimum atomic E-state index is 0.0930. The number of benzene rings is 1. The van der Waals surface area contributed by atoms with Crippen LogP contribution in [0.1, 0.15) is 24.8 Å². The molecule has 3 nitrogen and oxygen atoms in total. The minimum Gasteiger partial charge on any atom is -0.397 e. The fraction of sp³-hybridized carbons (Fsp3) is 0.417. The van der Waals surface area contributed by atoms with Crippen molar-refractivity contribution in [3.63, 3.8) is 0 Å². The molecule has 86 valence electrons. The first kappa shape index (κ1) is 11.5. The third-order valence-electron chi connectivity index (χ3n) is 3.09. The van der Waals surface area contributed by atoms with Gasteiger partial charge in [-0.25, -0.2) is 0 Å². The van der Waals surface area contributed by atoms with E-state index < -0.39 is 0 Å². The highest BCUT2D eigenvalue weighted by Gasteiger charge is 2.25. The monoisotopic (exact) mass is 282 g/mol. The Balaban J connectivity index is 2.17. The summed E-state index contributed by atoms with van der Waals surface area (Å²) in [6.07, 6.45) is 3.16. The quantitative estimate of drug-likeness (QED) is 0.819. The van der Waals surface area contributed by atoms with Crippen molar-refractivity contribution in [3.8, 4) is 0 Å². The van der Waals surface area contributed by atoms with Gasteiger partial charge in [-0.15, -0.1) is 0 Å². The van der Waals surface area contributed by atoms with E-state index in [0.29, 0.717) is 11.4 Å². The van der Waals surface area contributed by atoms with Gasteiger partial charge in [0, 0.05) is 10.4 Å². The molecule has 0 bridgehead atoms. The Morgan fingerprint density at radius 3 is 2.75 bits per heavy atom. The molecule has 0 unspecified atom stereocenters. The summed E-state index contributed by atoms with van der Waals surface area (Å²) in [7, 11) is 0. The van der Waals surface area contributed by atoms with E-state index in [-0.39, 0.29) is 11.8 Å². The fourth-order valence-electron chi connectivity index (χ4n) is 1.76. The molecule has 0 spiro atoms. The number of nitrogen functional groups attached to an aromatic ring is 1. The van der Waals surface area contributed by atoms with Crippen LogP contribution in [0.15, 0.2) is 16.6 Å². The van der Waals surface area contributed by atoms with Crippen molar-refractivity contribution in [3.05, 3.63) is 22.2 Å². The van der Waals surface area contributed by atoms with Crippen LogP contribution in [0.25, 0.3) is 0 Å². The van der Waals surface area contributed by atoms with Crippen LogP contribution in [0, 0.1) is 12.8 Å². The summed E-state index contributed by atoms with van der Waals surface area (Å²) < 4.78 is 0.933. The second-order valence-corrected chi connectivity index (χ2v) is 5.22. The molecule has 3 N–H and O–H groups in total. The fourth-order valence-corrected chi connectivity index (χ4v) is 2.34. The van der Waals surface area contributed by atoms with Gasteiger partial charge in [0.05, 0.1) is 11.4 Å². The molecule has 0 aliphatic heterocycles. The number of hydrogen-bond donors (Lipinski definition) is 2. The molecule has 1 aromatic carbocycles. The Morgan fingerprint density at radius 2 is 2.19 bits per heavy atom. The van der Waals surface area contributed by atoms with Gasteiger partial charge in [0.1, 0.15) is 0 Å². The van der Waals surface area contributed by atoms with Crippen LogP contribution >= 0.6 is 15.9 Å². The first-order valence-electron chi connectivity index (χ1n) is 5.44. The van der Waals surface area contributed by atoms with Crippen molar-refractivity contribution in [2.24, 2.45) is 5.92 Å². The van der Waals surface area contributed by atoms with Crippen molar-refractivity contribution in [1.29, 1.82) is 0 Å². The Morgan fingerprint density at radius 1 is 1.50 bits per heavy atom. The molecule has 0 aromatic heterocycles. The topological polar surface area (TPSA) is 55.1 Å². The maximum Gasteiger partial charge on any atom is 0.227 e. The van der Waals surface area contributed by atoms with Crippen molar-refractivity contribution in [1.82, 2.24) is 0 Å². The zero-order valence-electron chi connectivity index (χ0n) is 9.22. The van der Waals surface area contributed by atoms with Gasteiger partial charge in [0.25, 0.3) is 0 Å². The van der Waals surface area contributed by atoms with E-state index >= 15 is 0 Å². The SMILES string of the molecule is Cc1cc(Br)cc(NC(=O)C2CCC2)c1N. The van der Waals surface area contributed by atoms with Crippen LogP contribution in [-0.4, -0.2) is 5.91 Å². The molecule has 1 saturated carbocycles. The van der Waals surface area contributed by atoms with Gasteiger partial charge in [-0.1, -0.05) is 22.4 Å². The number of hydrogen-bond acceptors (Lipinski definition) is 2. The summed E-state index contributed by atoms with van der Waals surface area (Å²) in [6.45, 7) is 1.93. The van der Waals surface area contributed by atoms with E-state index in [1.165, 1.54) is 0 Å². The Labute approximate surface area is 104 Å². The molecule has 0 saturated heterocycles. The molecule has 2 rings (SSSR count). The molecule has 4 heteroatoms. The molecule has 0 atom stereocenters. The van der Waals surface area contributed by atoms with Crippen LogP contribution in [-0.2, 0) is 4.79 Å². The van der Waals surface area contributed by atoms with Crippen LogP contribution < -0.4 is 11.1 Å². The summed E-state index contributed by atoms with van der Waals surface area (Å²) in [5.74, 6) is 0.272. The largest absolute Gasteiger partial charge is 0.397 e. The molecule has 0 radical (unpaired) electrons. The van der Waals surface area contributed by atoms with Gasteiger partial charge in [-0.2, -0.15) is 0 Å². The van der Waals surface area contributed by atoms with Gasteiger partial charge >= 0.3 is 0 Å². The van der Waals surface area contributed by atoms with Crippen molar-refractivity contribution >= 4 is 33.2 Å². The molecular weight excluding hydrogens is 268 g/mol. The van der Waals surface area contributed by atoms with Crippen LogP contribution in [0.4, 0.5) is 11.4 Å². The zero-order chi connectivity index (χ0) is 11.7. The average Bonchev–Trinajstić information content (AvgIpc) is 2.10. The lowest BCUT2D eigenvalue weighted by molar-refractivity contribution is -0.122. The Kier molecular flexibility index (Phi) is 3.19. The number of carbonyl (C=O) groups is 1. The van der Waals surface area contributed by atoms with Gasteiger partial charge in [-0.3, -0.25) is 4.79 Å². The van der Waals surface area contributed by atoms with Gasteiger partial charge in [0.2, 0.25) is 5.91 Å². The van der Waals surface area contributed by atoms with E-state index in [1.807, 2.05) is 19.1 Å². The highest BCUT2D eigenvalue weighted by molar-refractivity contribution is 9.10. The van der Waals surface area contributed by atoms with E-state index in [1.54, 1.807) is 0 Å². The molecule has 1 amide bonds. The normalized spacial score (nSPS) is 15.6. The van der Waals surface area contributed by atoms with Crippen LogP contribution in [0.3, 0.4) is 0 Å². The Bertz CT molecular complexity index is 427. The van der Waals surface area contributed by atoms with Crippen molar-refractivity contribution in [2.45, 2.75) is 26.2 Å². The lowest BCUT2D eigenvalue weighted by atomic mass is 9.85. The molecule has 1 fully saturated rings. The minimum absolute atomic E-state index is 0.0930. The maximum absolute atomic E-state index is 11.8. The molecular formula is C12H15BrN2O. The molecule has 0 heterocycles. The lowest BCUT2D eigenvalue weighted by Crippen LogP contribution is -2.28. The Hall–Kier alpha value is -1.03. The summed E-state index contributed by atoms with van der Waals surface area (Å²) in [6, 6.07) is 3.78. The number of nitrogens with two attached hydrogens (primary N) is 1. The smallest absolute Gasteiger partial charge is 0.227 e. The van der Waals surface area contributed by atoms with Gasteiger partial charge in [0.15, 0.2) is 0 Å². The number of rotatable bonds is 2. The maximum atomic E-state index is 11.8. The second kappa shape index (κ2) is 4.45. The van der Waals surface area contributed by atoms with E-state index in [0.717, 1.165) is 29.3 Å². The second-order valence-electron chi connectivity index (χ2n) is 4.30. The van der Waals surface area contributed by atoms with Crippen molar-refractivity contribution in [2.75, 3.05) is 11.1 Å². The summed E-state index contributed by atoms with van der Waals surface area (Å²) in [5.41, 5.74) is 8.26. The summed E-state index contributed by atoms with van der Waals surface area (Å²) >= 11 is 3.40. The van der Waals surface area contributed by atoms with E-state index in [4.69, 9.17) is 5.73 Å². The molecule has 1 aliphatic carbocycles. The molecule has 1 aliphatic rings. The highest BCUT2D eigenvalue weighted by atomic mass is 79.9. The number of nitrogens with one attached hydrogen (secondary N) is 1. The predicted molar refractivity (Wildman–Crippen MR) is 69.3 cm³/mol. The van der Waals surface area contributed by atoms with Crippen molar-refractivity contribution < 1.29 is 4.79 Å². The van der Waals surface area contributed by atoms with Crippen LogP contribution in [0.5, 0.6) is 0 Å². The standard InChI is InChI=1S/C12H15BrN2O/c1-7-5-9(13)6-10(11(7)14)15-12(16)8-3-2-4-8/h5-6,8H,2-4,14H2,1H3,(H,15,16). The van der Waals surface area contributed by atoms with E-state index in [2.05, 4.69) is 21.2 Å². The number of aryl methyl sites for hydroxylation is 1. The molecule has 1 aromatic rings. The lowest BCUT2D eigenvalue weighted by Gasteiger charge is -2.24. The number of carbonyl (C=O) groups excluding carboxylic acids is 1. The van der Waals surface area contributed by atoms with Gasteiger partial charge < -0.3 is 11.1 Å². The number of anilines is 2. The zero-order valence-corrected chi connectivity index (χ0v) is 10.8. The predicted octanol–water partition coefficient (Wildman–Crippen LogP) is 3.08. The summed E-state index contributed by atoms with van der Waals surface area (Å²) in [4.78, 5) is 11.8. The highest BCUT2D eigenvalue weighted by Crippen LogP contribution is 2.31. The first-order chi connectivity index (χ1) is 7.58. The third-order valence-corrected chi connectivity index (χ3v) is 3.54. The third kappa shape index (κ3) is 2.21. The molecule has 16 heavy (non-hydrogen) atoms. The van der Waals surface area contributed by atoms with E-state index in [9.17, 15) is 4.79 Å². The van der Waals surface area contributed by atoms with Gasteiger partial charge in [-0.05, 0) is 37.5 Å². The average molecular weight is 283 g/mol.